The number of amides is 1. The number of halogens is 2. The number of pyridine rings is 1. The molecule has 0 aliphatic carbocycles. The van der Waals surface area contributed by atoms with Gasteiger partial charge in [-0.3, -0.25) is 9.78 Å². The molecule has 0 spiro atoms. The van der Waals surface area contributed by atoms with Gasteiger partial charge in [0.25, 0.3) is 5.91 Å². The number of carbonyl (C=O) groups excluding carboxylic acids is 1. The van der Waals surface area contributed by atoms with Gasteiger partial charge >= 0.3 is 0 Å². The maximum Gasteiger partial charge on any atom is 0.256 e. The fourth-order valence-corrected chi connectivity index (χ4v) is 2.96. The van der Waals surface area contributed by atoms with E-state index in [4.69, 9.17) is 11.6 Å². The largest absolute Gasteiger partial charge is 0.320 e. The number of fused-ring (bicyclic) bond motifs is 1. The van der Waals surface area contributed by atoms with Gasteiger partial charge in [-0.1, -0.05) is 29.8 Å². The summed E-state index contributed by atoms with van der Waals surface area (Å²) in [6, 6.07) is 14.9. The Morgan fingerprint density at radius 2 is 2.00 bits per heavy atom. The van der Waals surface area contributed by atoms with Crippen LogP contribution in [0.25, 0.3) is 10.9 Å². The van der Waals surface area contributed by atoms with Gasteiger partial charge in [0.1, 0.15) is 0 Å². The molecule has 1 amide bonds. The molecule has 0 radical (unpaired) electrons. The molecule has 3 rings (SSSR count). The van der Waals surface area contributed by atoms with E-state index in [1.807, 2.05) is 43.3 Å². The van der Waals surface area contributed by atoms with E-state index < -0.39 is 0 Å². The average molecular weight is 423 g/mol. The van der Waals surface area contributed by atoms with E-state index >= 15 is 0 Å². The molecule has 1 heterocycles. The van der Waals surface area contributed by atoms with E-state index in [0.29, 0.717) is 16.3 Å². The van der Waals surface area contributed by atoms with Crippen LogP contribution in [-0.4, -0.2) is 10.9 Å². The summed E-state index contributed by atoms with van der Waals surface area (Å²) in [5.74, 6) is -0.192. The summed E-state index contributed by atoms with van der Waals surface area (Å²) in [6.45, 7) is 1.93. The van der Waals surface area contributed by atoms with Gasteiger partial charge < -0.3 is 5.32 Å². The predicted octanol–water partition coefficient (Wildman–Crippen LogP) is 5.05. The van der Waals surface area contributed by atoms with Crippen molar-refractivity contribution in [3.63, 3.8) is 0 Å². The van der Waals surface area contributed by atoms with Gasteiger partial charge in [0, 0.05) is 19.7 Å². The Balaban J connectivity index is 2.01. The van der Waals surface area contributed by atoms with Crippen LogP contribution in [0.5, 0.6) is 0 Å². The number of hydrogen-bond donors (Lipinski definition) is 1. The van der Waals surface area contributed by atoms with Crippen LogP contribution in [0, 0.1) is 10.5 Å². The van der Waals surface area contributed by atoms with Crippen molar-refractivity contribution >= 4 is 56.7 Å². The Bertz CT molecular complexity index is 880. The maximum atomic E-state index is 12.5. The SMILES string of the molecule is Cc1ccc2cccc(NC(=O)c3cc(Cl)ccc3I)c2n1. The molecule has 2 aromatic carbocycles. The topological polar surface area (TPSA) is 42.0 Å². The first kappa shape index (κ1) is 15.2. The van der Waals surface area contributed by atoms with E-state index in [9.17, 15) is 4.79 Å². The number of para-hydroxylation sites is 1. The van der Waals surface area contributed by atoms with E-state index in [2.05, 4.69) is 32.9 Å². The van der Waals surface area contributed by atoms with Crippen LogP contribution < -0.4 is 5.32 Å². The van der Waals surface area contributed by atoms with Crippen LogP contribution in [0.2, 0.25) is 5.02 Å². The second kappa shape index (κ2) is 6.22. The van der Waals surface area contributed by atoms with Crippen molar-refractivity contribution in [2.24, 2.45) is 0 Å². The van der Waals surface area contributed by atoms with E-state index in [0.717, 1.165) is 20.2 Å². The van der Waals surface area contributed by atoms with Gasteiger partial charge in [0.2, 0.25) is 0 Å². The number of nitrogens with one attached hydrogen (secondary N) is 1. The standard InChI is InChI=1S/C17H12ClIN2O/c1-10-5-6-11-3-2-4-15(16(11)20-10)21-17(22)13-9-12(18)7-8-14(13)19/h2-9H,1H3,(H,21,22). The minimum atomic E-state index is -0.192. The number of anilines is 1. The molecule has 5 heteroatoms. The molecule has 1 aromatic heterocycles. The number of aryl methyl sites for hydroxylation is 1. The van der Waals surface area contributed by atoms with Crippen LogP contribution in [0.1, 0.15) is 16.1 Å². The predicted molar refractivity (Wildman–Crippen MR) is 98.6 cm³/mol. The van der Waals surface area contributed by atoms with Crippen molar-refractivity contribution < 1.29 is 4.79 Å². The lowest BCUT2D eigenvalue weighted by Crippen LogP contribution is -2.14. The molecule has 1 N–H and O–H groups in total. The Kier molecular flexibility index (Phi) is 4.31. The van der Waals surface area contributed by atoms with Gasteiger partial charge in [-0.2, -0.15) is 0 Å². The monoisotopic (exact) mass is 422 g/mol. The van der Waals surface area contributed by atoms with Crippen molar-refractivity contribution in [3.8, 4) is 0 Å². The Morgan fingerprint density at radius 3 is 2.82 bits per heavy atom. The third-order valence-corrected chi connectivity index (χ3v) is 4.46. The zero-order chi connectivity index (χ0) is 15.7. The smallest absolute Gasteiger partial charge is 0.256 e. The van der Waals surface area contributed by atoms with Crippen LogP contribution in [0.15, 0.2) is 48.5 Å². The molecule has 110 valence electrons. The molecule has 0 aliphatic rings. The molecule has 22 heavy (non-hydrogen) atoms. The normalized spacial score (nSPS) is 10.7. The van der Waals surface area contributed by atoms with Crippen molar-refractivity contribution in [2.75, 3.05) is 5.32 Å². The highest BCUT2D eigenvalue weighted by Gasteiger charge is 2.13. The van der Waals surface area contributed by atoms with Crippen LogP contribution in [0.3, 0.4) is 0 Å². The zero-order valence-corrected chi connectivity index (χ0v) is 14.6. The maximum absolute atomic E-state index is 12.5. The molecule has 0 atom stereocenters. The van der Waals surface area contributed by atoms with Gasteiger partial charge in [0.15, 0.2) is 0 Å². The minimum Gasteiger partial charge on any atom is -0.320 e. The number of carbonyl (C=O) groups is 1. The Hall–Kier alpha value is -1.66. The van der Waals surface area contributed by atoms with Crippen molar-refractivity contribution in [3.05, 3.63) is 68.4 Å². The zero-order valence-electron chi connectivity index (χ0n) is 11.7. The highest BCUT2D eigenvalue weighted by atomic mass is 127. The molecular formula is C17H12ClIN2O. The summed E-state index contributed by atoms with van der Waals surface area (Å²) < 4.78 is 0.851. The van der Waals surface area contributed by atoms with E-state index in [1.165, 1.54) is 0 Å². The second-order valence-electron chi connectivity index (χ2n) is 4.91. The third kappa shape index (κ3) is 3.08. The lowest BCUT2D eigenvalue weighted by atomic mass is 10.1. The molecule has 0 bridgehead atoms. The highest BCUT2D eigenvalue weighted by Crippen LogP contribution is 2.24. The lowest BCUT2D eigenvalue weighted by Gasteiger charge is -2.10. The molecular weight excluding hydrogens is 411 g/mol. The first-order valence-corrected chi connectivity index (χ1v) is 8.13. The van der Waals surface area contributed by atoms with E-state index in [-0.39, 0.29) is 5.91 Å². The quantitative estimate of drug-likeness (QED) is 0.587. The molecule has 3 aromatic rings. The Morgan fingerprint density at radius 1 is 1.18 bits per heavy atom. The van der Waals surface area contributed by atoms with Crippen LogP contribution in [0.4, 0.5) is 5.69 Å². The Labute approximate surface area is 146 Å². The van der Waals surface area contributed by atoms with Gasteiger partial charge in [-0.25, -0.2) is 0 Å². The molecule has 0 fully saturated rings. The summed E-state index contributed by atoms with van der Waals surface area (Å²) in [5.41, 5.74) is 2.94. The fraction of sp³-hybridized carbons (Fsp3) is 0.0588. The lowest BCUT2D eigenvalue weighted by molar-refractivity contribution is 0.102. The van der Waals surface area contributed by atoms with Gasteiger partial charge in [-0.05, 0) is 59.8 Å². The summed E-state index contributed by atoms with van der Waals surface area (Å²) in [5, 5.41) is 4.46. The van der Waals surface area contributed by atoms with Crippen LogP contribution >= 0.6 is 34.2 Å². The molecule has 0 unspecified atom stereocenters. The molecule has 0 aliphatic heterocycles. The summed E-state index contributed by atoms with van der Waals surface area (Å²) in [6.07, 6.45) is 0. The molecule has 0 saturated carbocycles. The first-order valence-electron chi connectivity index (χ1n) is 6.67. The number of rotatable bonds is 2. The summed E-state index contributed by atoms with van der Waals surface area (Å²) >= 11 is 8.11. The number of nitrogens with zero attached hydrogens (tertiary/aromatic N) is 1. The minimum absolute atomic E-state index is 0.192. The number of aromatic nitrogens is 1. The first-order chi connectivity index (χ1) is 10.5. The third-order valence-electron chi connectivity index (χ3n) is 3.28. The molecule has 0 saturated heterocycles. The van der Waals surface area contributed by atoms with Crippen LogP contribution in [-0.2, 0) is 0 Å². The molecule has 3 nitrogen and oxygen atoms in total. The average Bonchev–Trinajstić information content (AvgIpc) is 2.50. The number of benzene rings is 2. The number of hydrogen-bond acceptors (Lipinski definition) is 2. The van der Waals surface area contributed by atoms with Gasteiger partial charge in [-0.15, -0.1) is 0 Å². The summed E-state index contributed by atoms with van der Waals surface area (Å²) in [7, 11) is 0. The van der Waals surface area contributed by atoms with Crippen molar-refractivity contribution in [1.82, 2.24) is 4.98 Å². The second-order valence-corrected chi connectivity index (χ2v) is 6.51. The highest BCUT2D eigenvalue weighted by molar-refractivity contribution is 14.1. The van der Waals surface area contributed by atoms with Crippen molar-refractivity contribution in [1.29, 1.82) is 0 Å². The van der Waals surface area contributed by atoms with Gasteiger partial charge in [0.05, 0.1) is 16.8 Å². The fourth-order valence-electron chi connectivity index (χ4n) is 2.21. The summed E-state index contributed by atoms with van der Waals surface area (Å²) in [4.78, 5) is 17.0. The van der Waals surface area contributed by atoms with E-state index in [1.54, 1.807) is 12.1 Å². The van der Waals surface area contributed by atoms with Crippen molar-refractivity contribution in [2.45, 2.75) is 6.92 Å².